The van der Waals surface area contributed by atoms with Crippen LogP contribution in [0.2, 0.25) is 10.0 Å². The van der Waals surface area contributed by atoms with Crippen molar-refractivity contribution in [1.82, 2.24) is 9.88 Å². The topological polar surface area (TPSA) is 80.6 Å². The standard InChI is InChI=1S/C25H20Cl2N2O4/c26-17-8-6-16(7-9-17)15-29-21-11-10-18(27)14-20(21)24(33-19-4-2-1-3-5-19)23(29)25(32)28-13-12-22(30)31/h1-11,14H,12-13,15H2,(H,28,32)(H,30,31). The zero-order valence-electron chi connectivity index (χ0n) is 17.4. The molecule has 0 saturated heterocycles. The highest BCUT2D eigenvalue weighted by Crippen LogP contribution is 2.38. The fourth-order valence-electron chi connectivity index (χ4n) is 3.53. The second-order valence-corrected chi connectivity index (χ2v) is 8.24. The van der Waals surface area contributed by atoms with E-state index < -0.39 is 11.9 Å². The maximum atomic E-state index is 13.3. The van der Waals surface area contributed by atoms with Gasteiger partial charge in [0.25, 0.3) is 5.91 Å². The molecule has 4 rings (SSSR count). The third-order valence-electron chi connectivity index (χ3n) is 5.04. The van der Waals surface area contributed by atoms with Gasteiger partial charge in [-0.1, -0.05) is 53.5 Å². The first-order valence-corrected chi connectivity index (χ1v) is 11.0. The van der Waals surface area contributed by atoms with E-state index in [2.05, 4.69) is 5.32 Å². The first kappa shape index (κ1) is 22.7. The molecule has 1 amide bonds. The molecular formula is C25H20Cl2N2O4. The van der Waals surface area contributed by atoms with Crippen LogP contribution in [0.4, 0.5) is 0 Å². The van der Waals surface area contributed by atoms with Gasteiger partial charge in [-0.15, -0.1) is 0 Å². The van der Waals surface area contributed by atoms with Crippen molar-refractivity contribution in [3.63, 3.8) is 0 Å². The number of carboxylic acid groups (broad SMARTS) is 1. The number of para-hydroxylation sites is 1. The molecule has 0 unspecified atom stereocenters. The van der Waals surface area contributed by atoms with Crippen LogP contribution >= 0.6 is 23.2 Å². The Morgan fingerprint density at radius 1 is 0.939 bits per heavy atom. The molecule has 0 spiro atoms. The average molecular weight is 483 g/mol. The zero-order chi connectivity index (χ0) is 23.4. The molecule has 0 saturated carbocycles. The monoisotopic (exact) mass is 482 g/mol. The summed E-state index contributed by atoms with van der Waals surface area (Å²) in [6.45, 7) is 0.358. The second kappa shape index (κ2) is 9.98. The van der Waals surface area contributed by atoms with Crippen molar-refractivity contribution in [2.75, 3.05) is 6.54 Å². The fourth-order valence-corrected chi connectivity index (χ4v) is 3.83. The first-order valence-electron chi connectivity index (χ1n) is 10.2. The highest BCUT2D eigenvalue weighted by Gasteiger charge is 2.25. The second-order valence-electron chi connectivity index (χ2n) is 7.37. The van der Waals surface area contributed by atoms with E-state index in [1.54, 1.807) is 36.4 Å². The van der Waals surface area contributed by atoms with E-state index in [9.17, 15) is 9.59 Å². The highest BCUT2D eigenvalue weighted by molar-refractivity contribution is 6.31. The fraction of sp³-hybridized carbons (Fsp3) is 0.120. The van der Waals surface area contributed by atoms with E-state index in [0.717, 1.165) is 11.1 Å². The van der Waals surface area contributed by atoms with Gasteiger partial charge < -0.3 is 19.7 Å². The van der Waals surface area contributed by atoms with E-state index >= 15 is 0 Å². The number of nitrogens with one attached hydrogen (secondary N) is 1. The van der Waals surface area contributed by atoms with Gasteiger partial charge in [-0.05, 0) is 48.0 Å². The number of fused-ring (bicyclic) bond motifs is 1. The van der Waals surface area contributed by atoms with Crippen molar-refractivity contribution in [2.24, 2.45) is 0 Å². The Kier molecular flexibility index (Phi) is 6.87. The Bertz CT molecular complexity index is 1300. The van der Waals surface area contributed by atoms with Crippen LogP contribution in [0.3, 0.4) is 0 Å². The number of hydrogen-bond acceptors (Lipinski definition) is 3. The lowest BCUT2D eigenvalue weighted by molar-refractivity contribution is -0.136. The minimum absolute atomic E-state index is 0.0117. The van der Waals surface area contributed by atoms with Gasteiger partial charge in [-0.2, -0.15) is 0 Å². The number of rotatable bonds is 8. The van der Waals surface area contributed by atoms with Crippen LogP contribution in [0.5, 0.6) is 11.5 Å². The number of benzene rings is 3. The number of nitrogens with zero attached hydrogens (tertiary/aromatic N) is 1. The van der Waals surface area contributed by atoms with Gasteiger partial charge in [0.05, 0.1) is 11.9 Å². The molecule has 2 N–H and O–H groups in total. The molecule has 1 aromatic heterocycles. The molecule has 0 bridgehead atoms. The molecule has 0 aliphatic heterocycles. The number of amides is 1. The summed E-state index contributed by atoms with van der Waals surface area (Å²) in [5, 5.41) is 13.4. The van der Waals surface area contributed by atoms with Gasteiger partial charge in [0.1, 0.15) is 5.75 Å². The molecule has 0 aliphatic rings. The smallest absolute Gasteiger partial charge is 0.305 e. The number of carboxylic acids is 1. The molecule has 8 heteroatoms. The van der Waals surface area contributed by atoms with Crippen molar-refractivity contribution in [2.45, 2.75) is 13.0 Å². The van der Waals surface area contributed by atoms with E-state index in [1.807, 2.05) is 41.0 Å². The van der Waals surface area contributed by atoms with Crippen LogP contribution in [0.15, 0.2) is 72.8 Å². The van der Waals surface area contributed by atoms with E-state index in [0.29, 0.717) is 33.5 Å². The predicted molar refractivity (Wildman–Crippen MR) is 129 cm³/mol. The van der Waals surface area contributed by atoms with E-state index in [4.69, 9.17) is 33.0 Å². The summed E-state index contributed by atoms with van der Waals surface area (Å²) in [5.41, 5.74) is 1.96. The molecule has 0 atom stereocenters. The van der Waals surface area contributed by atoms with Crippen molar-refractivity contribution >= 4 is 46.0 Å². The summed E-state index contributed by atoms with van der Waals surface area (Å²) in [5.74, 6) is -0.531. The Morgan fingerprint density at radius 2 is 1.64 bits per heavy atom. The molecular weight excluding hydrogens is 463 g/mol. The van der Waals surface area contributed by atoms with E-state index in [-0.39, 0.29) is 18.7 Å². The highest BCUT2D eigenvalue weighted by atomic mass is 35.5. The van der Waals surface area contributed by atoms with Crippen LogP contribution in [-0.4, -0.2) is 28.1 Å². The van der Waals surface area contributed by atoms with Gasteiger partial charge in [0.2, 0.25) is 0 Å². The summed E-state index contributed by atoms with van der Waals surface area (Å²) in [4.78, 5) is 24.2. The van der Waals surface area contributed by atoms with Gasteiger partial charge in [0, 0.05) is 28.5 Å². The molecule has 4 aromatic rings. The van der Waals surface area contributed by atoms with Crippen LogP contribution in [0.1, 0.15) is 22.5 Å². The Labute approximate surface area is 200 Å². The van der Waals surface area contributed by atoms with Crippen molar-refractivity contribution in [3.8, 4) is 11.5 Å². The van der Waals surface area contributed by atoms with Crippen LogP contribution < -0.4 is 10.1 Å². The Morgan fingerprint density at radius 3 is 2.33 bits per heavy atom. The third kappa shape index (κ3) is 5.30. The maximum absolute atomic E-state index is 13.3. The lowest BCUT2D eigenvalue weighted by atomic mass is 10.2. The molecule has 1 heterocycles. The van der Waals surface area contributed by atoms with Gasteiger partial charge >= 0.3 is 5.97 Å². The van der Waals surface area contributed by atoms with Crippen molar-refractivity contribution in [1.29, 1.82) is 0 Å². The number of aliphatic carboxylic acids is 1. The number of carbonyl (C=O) groups excluding carboxylic acids is 1. The predicted octanol–water partition coefficient (Wildman–Crippen LogP) is 5.99. The maximum Gasteiger partial charge on any atom is 0.305 e. The third-order valence-corrected chi connectivity index (χ3v) is 5.52. The van der Waals surface area contributed by atoms with Gasteiger partial charge in [0.15, 0.2) is 11.4 Å². The molecule has 0 aliphatic carbocycles. The summed E-state index contributed by atoms with van der Waals surface area (Å²) in [7, 11) is 0. The molecule has 33 heavy (non-hydrogen) atoms. The minimum atomic E-state index is -0.996. The number of hydrogen-bond donors (Lipinski definition) is 2. The van der Waals surface area contributed by atoms with Crippen LogP contribution in [-0.2, 0) is 11.3 Å². The normalized spacial score (nSPS) is 10.8. The Balaban J connectivity index is 1.86. The average Bonchev–Trinajstić information content (AvgIpc) is 3.08. The molecule has 168 valence electrons. The molecule has 3 aromatic carbocycles. The molecule has 0 fully saturated rings. The number of carbonyl (C=O) groups is 2. The SMILES string of the molecule is O=C(O)CCNC(=O)c1c(Oc2ccccc2)c2cc(Cl)ccc2n1Cc1ccc(Cl)cc1. The quantitative estimate of drug-likeness (QED) is 0.323. The Hall–Kier alpha value is -3.48. The molecule has 0 radical (unpaired) electrons. The first-order chi connectivity index (χ1) is 15.9. The number of aromatic nitrogens is 1. The van der Waals surface area contributed by atoms with E-state index in [1.165, 1.54) is 0 Å². The van der Waals surface area contributed by atoms with Crippen LogP contribution in [0.25, 0.3) is 10.9 Å². The summed E-state index contributed by atoms with van der Waals surface area (Å²) in [6, 6.07) is 21.8. The van der Waals surface area contributed by atoms with Gasteiger partial charge in [-0.25, -0.2) is 0 Å². The van der Waals surface area contributed by atoms with Crippen LogP contribution in [0, 0.1) is 0 Å². The zero-order valence-corrected chi connectivity index (χ0v) is 18.9. The summed E-state index contributed by atoms with van der Waals surface area (Å²) >= 11 is 12.3. The number of ether oxygens (including phenoxy) is 1. The lowest BCUT2D eigenvalue weighted by Gasteiger charge is -2.13. The molecule has 6 nitrogen and oxygen atoms in total. The summed E-state index contributed by atoms with van der Waals surface area (Å²) in [6.07, 6.45) is -0.191. The van der Waals surface area contributed by atoms with Crippen molar-refractivity contribution in [3.05, 3.63) is 94.1 Å². The number of halogens is 2. The van der Waals surface area contributed by atoms with Crippen molar-refractivity contribution < 1.29 is 19.4 Å². The largest absolute Gasteiger partial charge is 0.481 e. The van der Waals surface area contributed by atoms with Gasteiger partial charge in [-0.3, -0.25) is 9.59 Å². The minimum Gasteiger partial charge on any atom is -0.481 e. The lowest BCUT2D eigenvalue weighted by Crippen LogP contribution is -2.28. The summed E-state index contributed by atoms with van der Waals surface area (Å²) < 4.78 is 8.02.